The molecule has 11 aromatic carbocycles. The molecule has 0 spiro atoms. The Kier molecular flexibility index (Phi) is 9.70. The molecule has 72 heavy (non-hydrogen) atoms. The molecule has 4 heterocycles. The van der Waals surface area contributed by atoms with Crippen LogP contribution in [0.1, 0.15) is 0 Å². The second kappa shape index (κ2) is 16.8. The zero-order chi connectivity index (χ0) is 47.3. The minimum atomic E-state index is 1.11. The fourth-order valence-corrected chi connectivity index (χ4v) is 15.9. The summed E-state index contributed by atoms with van der Waals surface area (Å²) in [4.78, 5) is 4.95. The Morgan fingerprint density at radius 1 is 0.236 bits per heavy atom. The summed E-state index contributed by atoms with van der Waals surface area (Å²) in [6, 6.07) is 89.8. The molecule has 2 nitrogen and oxygen atoms in total. The van der Waals surface area contributed by atoms with E-state index in [1.807, 2.05) is 45.3 Å². The summed E-state index contributed by atoms with van der Waals surface area (Å²) in [7, 11) is 0. The summed E-state index contributed by atoms with van der Waals surface area (Å²) in [5, 5.41) is 11.6. The van der Waals surface area contributed by atoms with Gasteiger partial charge < -0.3 is 9.80 Å². The highest BCUT2D eigenvalue weighted by Gasteiger charge is 2.24. The van der Waals surface area contributed by atoms with E-state index in [0.29, 0.717) is 0 Å². The number of hydrogen-bond donors (Lipinski definition) is 0. The van der Waals surface area contributed by atoms with E-state index in [1.165, 1.54) is 103 Å². The van der Waals surface area contributed by atoms with Gasteiger partial charge in [-0.1, -0.05) is 152 Å². The number of benzene rings is 11. The Morgan fingerprint density at radius 2 is 0.736 bits per heavy atom. The van der Waals surface area contributed by atoms with Crippen molar-refractivity contribution in [3.05, 3.63) is 243 Å². The van der Waals surface area contributed by atoms with Crippen LogP contribution in [0.3, 0.4) is 0 Å². The first-order valence-electron chi connectivity index (χ1n) is 24.2. The standard InChI is InChI=1S/C66H40N2S4/c1-4-16-41(17-5-1)43-34-44(42-18-6-2-7-19-42)36-49(35-43)68(48-28-31-53-51-23-12-14-26-59(51)70-62(53)39-48)58-40-57-64-55-32-29-47(38-63(55)71-66(64)72-65(57)54-25-11-10-22-50(54)58)67(45-20-8-3-9-21-45)46-30-33-61-56(37-46)52-24-13-15-27-60(52)69-61/h1-40H. The lowest BCUT2D eigenvalue weighted by Crippen LogP contribution is -2.11. The lowest BCUT2D eigenvalue weighted by Gasteiger charge is -2.28. The third kappa shape index (κ3) is 6.79. The van der Waals surface area contributed by atoms with E-state index in [4.69, 9.17) is 0 Å². The fourth-order valence-electron chi connectivity index (χ4n) is 10.9. The highest BCUT2D eigenvalue weighted by Crippen LogP contribution is 2.52. The van der Waals surface area contributed by atoms with E-state index in [9.17, 15) is 0 Å². The van der Waals surface area contributed by atoms with Gasteiger partial charge in [0.1, 0.15) is 0 Å². The van der Waals surface area contributed by atoms with E-state index < -0.39 is 0 Å². The van der Waals surface area contributed by atoms with Crippen molar-refractivity contribution in [2.45, 2.75) is 0 Å². The molecule has 338 valence electrons. The third-order valence-electron chi connectivity index (χ3n) is 14.2. The number of hydrogen-bond acceptors (Lipinski definition) is 6. The zero-order valence-electron chi connectivity index (χ0n) is 38.6. The molecule has 15 aromatic rings. The quantitative estimate of drug-likeness (QED) is 0.150. The Labute approximate surface area is 431 Å². The van der Waals surface area contributed by atoms with Gasteiger partial charge in [-0.25, -0.2) is 0 Å². The van der Waals surface area contributed by atoms with Crippen molar-refractivity contribution in [3.8, 4) is 22.3 Å². The largest absolute Gasteiger partial charge is 0.310 e. The zero-order valence-corrected chi connectivity index (χ0v) is 41.9. The monoisotopic (exact) mass is 988 g/mol. The molecule has 0 amide bonds. The van der Waals surface area contributed by atoms with E-state index in [0.717, 1.165) is 34.1 Å². The summed E-state index contributed by atoms with van der Waals surface area (Å²) in [5.41, 5.74) is 11.6. The predicted octanol–water partition coefficient (Wildman–Crippen LogP) is 21.4. The van der Waals surface area contributed by atoms with Crippen molar-refractivity contribution in [2.24, 2.45) is 0 Å². The number of thiophene rings is 4. The minimum absolute atomic E-state index is 1.11. The van der Waals surface area contributed by atoms with Gasteiger partial charge in [-0.2, -0.15) is 0 Å². The first-order valence-corrected chi connectivity index (χ1v) is 27.5. The number of fused-ring (bicyclic) bond motifs is 13. The minimum Gasteiger partial charge on any atom is -0.310 e. The molecular weight excluding hydrogens is 949 g/mol. The van der Waals surface area contributed by atoms with Crippen LogP contribution in [0.5, 0.6) is 0 Å². The molecule has 0 unspecified atom stereocenters. The molecule has 0 atom stereocenters. The third-order valence-corrected chi connectivity index (χ3v) is 19.0. The molecule has 0 radical (unpaired) electrons. The Morgan fingerprint density at radius 3 is 1.43 bits per heavy atom. The normalized spacial score (nSPS) is 11.9. The van der Waals surface area contributed by atoms with Crippen LogP contribution in [-0.2, 0) is 0 Å². The first-order chi connectivity index (χ1) is 35.7. The van der Waals surface area contributed by atoms with Gasteiger partial charge in [0.05, 0.1) is 9.70 Å². The second-order valence-corrected chi connectivity index (χ2v) is 22.9. The molecule has 0 saturated carbocycles. The van der Waals surface area contributed by atoms with Gasteiger partial charge in [-0.05, 0) is 113 Å². The molecular formula is C66H40N2S4. The van der Waals surface area contributed by atoms with Crippen LogP contribution in [0.4, 0.5) is 34.1 Å². The number of anilines is 6. The second-order valence-electron chi connectivity index (χ2n) is 18.4. The highest BCUT2D eigenvalue weighted by atomic mass is 32.2. The summed E-state index contributed by atoms with van der Waals surface area (Å²) in [5.74, 6) is 0. The van der Waals surface area contributed by atoms with E-state index in [2.05, 4.69) is 252 Å². The molecule has 4 aromatic heterocycles. The Balaban J connectivity index is 0.957. The molecule has 0 N–H and O–H groups in total. The first kappa shape index (κ1) is 41.7. The van der Waals surface area contributed by atoms with Crippen LogP contribution in [0.15, 0.2) is 243 Å². The maximum Gasteiger partial charge on any atom is 0.0890 e. The Bertz CT molecular complexity index is 4530. The summed E-state index contributed by atoms with van der Waals surface area (Å²) in [6.07, 6.45) is 0. The maximum atomic E-state index is 2.53. The van der Waals surface area contributed by atoms with E-state index >= 15 is 0 Å². The molecule has 0 fully saturated rings. The maximum absolute atomic E-state index is 2.53. The van der Waals surface area contributed by atoms with Crippen molar-refractivity contribution < 1.29 is 0 Å². The van der Waals surface area contributed by atoms with Gasteiger partial charge in [0, 0.05) is 105 Å². The lowest BCUT2D eigenvalue weighted by molar-refractivity contribution is 1.30. The average Bonchev–Trinajstić information content (AvgIpc) is 4.21. The predicted molar refractivity (Wildman–Crippen MR) is 318 cm³/mol. The molecule has 0 saturated heterocycles. The number of nitrogens with zero attached hydrogens (tertiary/aromatic N) is 2. The molecule has 6 heteroatoms. The molecule has 15 rings (SSSR count). The SMILES string of the molecule is c1ccc(-c2cc(-c3ccccc3)cc(N(c3ccc4c(c3)sc3ccccc34)c3cc4c(sc5sc6cc(N(c7ccccc7)c7ccc8sc9ccccc9c8c7)ccc6c54)c4ccccc34)c2)cc1. The van der Waals surface area contributed by atoms with Gasteiger partial charge in [0.25, 0.3) is 0 Å². The fraction of sp³-hybridized carbons (Fsp3) is 0. The van der Waals surface area contributed by atoms with E-state index in [1.54, 1.807) is 0 Å². The van der Waals surface area contributed by atoms with Crippen LogP contribution in [0, 0.1) is 0 Å². The van der Waals surface area contributed by atoms with Crippen LogP contribution in [-0.4, -0.2) is 0 Å². The van der Waals surface area contributed by atoms with Crippen LogP contribution >= 0.6 is 45.3 Å². The van der Waals surface area contributed by atoms with Crippen molar-refractivity contribution >= 4 is 160 Å². The summed E-state index contributed by atoms with van der Waals surface area (Å²) < 4.78 is 9.15. The topological polar surface area (TPSA) is 6.48 Å². The van der Waals surface area contributed by atoms with E-state index in [-0.39, 0.29) is 0 Å². The summed E-state index contributed by atoms with van der Waals surface area (Å²) in [6.45, 7) is 0. The molecule has 0 aliphatic rings. The number of rotatable bonds is 8. The van der Waals surface area contributed by atoms with Crippen molar-refractivity contribution in [1.29, 1.82) is 0 Å². The average molecular weight is 989 g/mol. The van der Waals surface area contributed by atoms with Gasteiger partial charge in [0.15, 0.2) is 0 Å². The van der Waals surface area contributed by atoms with Crippen molar-refractivity contribution in [1.82, 2.24) is 0 Å². The van der Waals surface area contributed by atoms with Crippen molar-refractivity contribution in [2.75, 3.05) is 9.80 Å². The van der Waals surface area contributed by atoms with Crippen LogP contribution in [0.25, 0.3) is 103 Å². The van der Waals surface area contributed by atoms with Gasteiger partial charge in [-0.15, -0.1) is 45.3 Å². The van der Waals surface area contributed by atoms with Crippen LogP contribution in [0.2, 0.25) is 0 Å². The Hall–Kier alpha value is -8.10. The van der Waals surface area contributed by atoms with Gasteiger partial charge in [-0.3, -0.25) is 0 Å². The van der Waals surface area contributed by atoms with Gasteiger partial charge in [0.2, 0.25) is 0 Å². The number of para-hydroxylation sites is 1. The lowest BCUT2D eigenvalue weighted by atomic mass is 9.96. The van der Waals surface area contributed by atoms with Crippen LogP contribution < -0.4 is 9.80 Å². The highest BCUT2D eigenvalue weighted by molar-refractivity contribution is 7.45. The summed E-state index contributed by atoms with van der Waals surface area (Å²) >= 11 is 7.58. The van der Waals surface area contributed by atoms with Gasteiger partial charge >= 0.3 is 0 Å². The molecule has 0 aliphatic carbocycles. The molecule has 0 aliphatic heterocycles. The smallest absolute Gasteiger partial charge is 0.0890 e. The molecule has 0 bridgehead atoms. The van der Waals surface area contributed by atoms with Crippen molar-refractivity contribution in [3.63, 3.8) is 0 Å².